The van der Waals surface area contributed by atoms with E-state index >= 15 is 0 Å². The summed E-state index contributed by atoms with van der Waals surface area (Å²) < 4.78 is 5.02. The quantitative estimate of drug-likeness (QED) is 0.774. The van der Waals surface area contributed by atoms with Gasteiger partial charge in [0.25, 0.3) is 0 Å². The van der Waals surface area contributed by atoms with Gasteiger partial charge in [0.1, 0.15) is 5.75 Å². The molecule has 1 N–H and O–H groups in total. The molecule has 1 rings (SSSR count). The smallest absolute Gasteiger partial charge is 0.186 e. The minimum atomic E-state index is -0.267. The second kappa shape index (κ2) is 5.90. The number of aliphatic hydroxyl groups excluding tert-OH is 1. The van der Waals surface area contributed by atoms with E-state index in [-0.39, 0.29) is 6.79 Å². The van der Waals surface area contributed by atoms with Crippen molar-refractivity contribution in [1.29, 1.82) is 0 Å². The van der Waals surface area contributed by atoms with Gasteiger partial charge < -0.3 is 9.84 Å². The van der Waals surface area contributed by atoms with Crippen molar-refractivity contribution >= 4 is 0 Å². The summed E-state index contributed by atoms with van der Waals surface area (Å²) in [4.78, 5) is 0. The third kappa shape index (κ3) is 3.24. The van der Waals surface area contributed by atoms with E-state index in [1.807, 2.05) is 12.1 Å². The molecule has 16 heavy (non-hydrogen) atoms. The summed E-state index contributed by atoms with van der Waals surface area (Å²) >= 11 is 0. The van der Waals surface area contributed by atoms with Crippen molar-refractivity contribution in [3.05, 3.63) is 29.8 Å². The zero-order chi connectivity index (χ0) is 12.1. The minimum Gasteiger partial charge on any atom is -0.468 e. The number of benzene rings is 1. The molecular weight excluding hydrogens is 200 g/mol. The van der Waals surface area contributed by atoms with Gasteiger partial charge in [-0.25, -0.2) is 0 Å². The molecule has 0 radical (unpaired) electrons. The minimum absolute atomic E-state index is 0.267. The zero-order valence-electron chi connectivity index (χ0n) is 10.6. The standard InChI is InChI=1S/C14H22O2/c1-10(2)14(11(3)4)12-5-7-13(8-6-12)16-9-15/h5-8,10-11,14-15H,9H2,1-4H3. The molecule has 90 valence electrons. The lowest BCUT2D eigenvalue weighted by Gasteiger charge is -2.25. The predicted molar refractivity (Wildman–Crippen MR) is 66.6 cm³/mol. The Hall–Kier alpha value is -1.02. The normalized spacial score (nSPS) is 11.5. The molecule has 0 saturated heterocycles. The van der Waals surface area contributed by atoms with Crippen LogP contribution in [0.5, 0.6) is 5.75 Å². The van der Waals surface area contributed by atoms with Gasteiger partial charge >= 0.3 is 0 Å². The lowest BCUT2D eigenvalue weighted by Crippen LogP contribution is -2.13. The Morgan fingerprint density at radius 3 is 1.88 bits per heavy atom. The molecule has 0 aliphatic carbocycles. The maximum absolute atomic E-state index is 8.65. The van der Waals surface area contributed by atoms with E-state index in [0.29, 0.717) is 17.8 Å². The molecule has 1 aromatic rings. The van der Waals surface area contributed by atoms with Crippen molar-refractivity contribution in [2.45, 2.75) is 33.6 Å². The van der Waals surface area contributed by atoms with Crippen LogP contribution < -0.4 is 4.74 Å². The van der Waals surface area contributed by atoms with Crippen LogP contribution in [0.3, 0.4) is 0 Å². The fraction of sp³-hybridized carbons (Fsp3) is 0.571. The summed E-state index contributed by atoms with van der Waals surface area (Å²) in [5, 5.41) is 8.65. The van der Waals surface area contributed by atoms with E-state index in [0.717, 1.165) is 5.75 Å². The number of hydrogen-bond donors (Lipinski definition) is 1. The number of aliphatic hydroxyl groups is 1. The summed E-state index contributed by atoms with van der Waals surface area (Å²) in [5.74, 6) is 2.55. The molecule has 0 fully saturated rings. The first-order chi connectivity index (χ1) is 7.56. The van der Waals surface area contributed by atoms with E-state index in [4.69, 9.17) is 9.84 Å². The number of ether oxygens (including phenoxy) is 1. The van der Waals surface area contributed by atoms with E-state index in [9.17, 15) is 0 Å². The van der Waals surface area contributed by atoms with Crippen LogP contribution in [0, 0.1) is 11.8 Å². The Balaban J connectivity index is 2.85. The van der Waals surface area contributed by atoms with Crippen LogP contribution in [0.1, 0.15) is 39.2 Å². The van der Waals surface area contributed by atoms with Crippen molar-refractivity contribution < 1.29 is 9.84 Å². The van der Waals surface area contributed by atoms with Crippen molar-refractivity contribution in [2.24, 2.45) is 11.8 Å². The van der Waals surface area contributed by atoms with Crippen LogP contribution in [0.25, 0.3) is 0 Å². The van der Waals surface area contributed by atoms with Crippen LogP contribution >= 0.6 is 0 Å². The van der Waals surface area contributed by atoms with E-state index in [2.05, 4.69) is 39.8 Å². The average Bonchev–Trinajstić information content (AvgIpc) is 2.20. The summed E-state index contributed by atoms with van der Waals surface area (Å²) in [6, 6.07) is 8.03. The first-order valence-corrected chi connectivity index (χ1v) is 5.90. The van der Waals surface area contributed by atoms with Gasteiger partial charge in [-0.1, -0.05) is 39.8 Å². The van der Waals surface area contributed by atoms with Gasteiger partial charge in [0.05, 0.1) is 0 Å². The number of hydrogen-bond acceptors (Lipinski definition) is 2. The maximum Gasteiger partial charge on any atom is 0.186 e. The Kier molecular flexibility index (Phi) is 4.81. The van der Waals surface area contributed by atoms with E-state index in [1.54, 1.807) is 0 Å². The Morgan fingerprint density at radius 2 is 1.50 bits per heavy atom. The van der Waals surface area contributed by atoms with Crippen molar-refractivity contribution in [2.75, 3.05) is 6.79 Å². The van der Waals surface area contributed by atoms with Crippen LogP contribution in [0.15, 0.2) is 24.3 Å². The lowest BCUT2D eigenvalue weighted by atomic mass is 9.80. The molecule has 0 atom stereocenters. The molecule has 2 heteroatoms. The van der Waals surface area contributed by atoms with E-state index in [1.165, 1.54) is 5.56 Å². The summed E-state index contributed by atoms with van der Waals surface area (Å²) in [6.45, 7) is 8.74. The van der Waals surface area contributed by atoms with Gasteiger partial charge in [-0.3, -0.25) is 0 Å². The molecule has 0 aliphatic rings. The predicted octanol–water partition coefficient (Wildman–Crippen LogP) is 3.41. The fourth-order valence-electron chi connectivity index (χ4n) is 2.40. The first-order valence-electron chi connectivity index (χ1n) is 5.90. The second-order valence-corrected chi connectivity index (χ2v) is 4.86. The van der Waals surface area contributed by atoms with E-state index < -0.39 is 0 Å². The lowest BCUT2D eigenvalue weighted by molar-refractivity contribution is 0.0985. The Labute approximate surface area is 98.3 Å². The Morgan fingerprint density at radius 1 is 1.00 bits per heavy atom. The summed E-state index contributed by atoms with van der Waals surface area (Å²) in [5.41, 5.74) is 1.34. The fourth-order valence-corrected chi connectivity index (χ4v) is 2.40. The SMILES string of the molecule is CC(C)C(c1ccc(OCO)cc1)C(C)C. The average molecular weight is 222 g/mol. The first kappa shape index (κ1) is 13.0. The van der Waals surface area contributed by atoms with Gasteiger partial charge in [0, 0.05) is 0 Å². The molecule has 0 aromatic heterocycles. The third-order valence-electron chi connectivity index (χ3n) is 2.93. The molecular formula is C14H22O2. The summed E-state index contributed by atoms with van der Waals surface area (Å²) in [7, 11) is 0. The molecule has 0 heterocycles. The van der Waals surface area contributed by atoms with Crippen LogP contribution in [-0.4, -0.2) is 11.9 Å². The highest BCUT2D eigenvalue weighted by atomic mass is 16.6. The molecule has 0 unspecified atom stereocenters. The van der Waals surface area contributed by atoms with Crippen LogP contribution in [0.2, 0.25) is 0 Å². The monoisotopic (exact) mass is 222 g/mol. The number of rotatable bonds is 5. The van der Waals surface area contributed by atoms with Crippen molar-refractivity contribution in [3.8, 4) is 5.75 Å². The van der Waals surface area contributed by atoms with Crippen molar-refractivity contribution in [1.82, 2.24) is 0 Å². The van der Waals surface area contributed by atoms with Gasteiger partial charge in [-0.15, -0.1) is 0 Å². The molecule has 0 spiro atoms. The summed E-state index contributed by atoms with van der Waals surface area (Å²) in [6.07, 6.45) is 0. The van der Waals surface area contributed by atoms with Crippen LogP contribution in [-0.2, 0) is 0 Å². The molecule has 0 bridgehead atoms. The zero-order valence-corrected chi connectivity index (χ0v) is 10.6. The second-order valence-electron chi connectivity index (χ2n) is 4.86. The van der Waals surface area contributed by atoms with Crippen LogP contribution in [0.4, 0.5) is 0 Å². The third-order valence-corrected chi connectivity index (χ3v) is 2.93. The molecule has 0 aliphatic heterocycles. The van der Waals surface area contributed by atoms with Gasteiger partial charge in [0.15, 0.2) is 6.79 Å². The topological polar surface area (TPSA) is 29.5 Å². The highest BCUT2D eigenvalue weighted by Gasteiger charge is 2.19. The van der Waals surface area contributed by atoms with Crippen molar-refractivity contribution in [3.63, 3.8) is 0 Å². The molecule has 2 nitrogen and oxygen atoms in total. The maximum atomic E-state index is 8.65. The molecule has 1 aromatic carbocycles. The molecule has 0 amide bonds. The largest absolute Gasteiger partial charge is 0.468 e. The highest BCUT2D eigenvalue weighted by Crippen LogP contribution is 2.32. The van der Waals surface area contributed by atoms with Gasteiger partial charge in [-0.2, -0.15) is 0 Å². The van der Waals surface area contributed by atoms with Gasteiger partial charge in [-0.05, 0) is 35.4 Å². The Bertz CT molecular complexity index is 293. The molecule has 0 saturated carbocycles. The highest BCUT2D eigenvalue weighted by molar-refractivity contribution is 5.30. The van der Waals surface area contributed by atoms with Gasteiger partial charge in [0.2, 0.25) is 0 Å².